The minimum atomic E-state index is -1.63. The van der Waals surface area contributed by atoms with Gasteiger partial charge in [-0.05, 0) is 52.4 Å². The second kappa shape index (κ2) is 5.61. The van der Waals surface area contributed by atoms with Gasteiger partial charge in [0.25, 0.3) is 0 Å². The number of rotatable bonds is 5. The number of nitrogens with zero attached hydrogens (tertiary/aromatic N) is 1. The van der Waals surface area contributed by atoms with Gasteiger partial charge < -0.3 is 15.5 Å². The Balaban J connectivity index is 2.34. The number of carboxylic acids is 1. The van der Waals surface area contributed by atoms with Gasteiger partial charge in [0.2, 0.25) is 0 Å². The van der Waals surface area contributed by atoms with Gasteiger partial charge in [0, 0.05) is 6.54 Å². The van der Waals surface area contributed by atoms with E-state index in [2.05, 4.69) is 5.32 Å². The summed E-state index contributed by atoms with van der Waals surface area (Å²) in [5.41, 5.74) is -1.63. The van der Waals surface area contributed by atoms with Gasteiger partial charge in [-0.15, -0.1) is 0 Å². The third kappa shape index (κ3) is 3.73. The first-order chi connectivity index (χ1) is 7.45. The van der Waals surface area contributed by atoms with E-state index in [9.17, 15) is 9.90 Å². The van der Waals surface area contributed by atoms with Crippen LogP contribution in [0.25, 0.3) is 0 Å². The highest BCUT2D eigenvalue weighted by molar-refractivity contribution is 5.76. The quantitative estimate of drug-likeness (QED) is 0.607. The number of carbonyl (C=O) groups is 1. The highest BCUT2D eigenvalue weighted by atomic mass is 16.4. The van der Waals surface area contributed by atoms with E-state index in [0.29, 0.717) is 5.92 Å². The van der Waals surface area contributed by atoms with Crippen LogP contribution in [0.3, 0.4) is 0 Å². The topological polar surface area (TPSA) is 72.8 Å². The molecule has 0 saturated carbocycles. The molecule has 1 rings (SSSR count). The van der Waals surface area contributed by atoms with Crippen LogP contribution in [0.15, 0.2) is 0 Å². The first-order valence-corrected chi connectivity index (χ1v) is 5.78. The van der Waals surface area contributed by atoms with E-state index >= 15 is 0 Å². The van der Waals surface area contributed by atoms with Gasteiger partial charge in [-0.3, -0.25) is 4.90 Å². The van der Waals surface area contributed by atoms with E-state index in [1.807, 2.05) is 11.9 Å². The minimum Gasteiger partial charge on any atom is -0.479 e. The normalized spacial score (nSPS) is 22.9. The Kier molecular flexibility index (Phi) is 4.70. The van der Waals surface area contributed by atoms with E-state index in [-0.39, 0.29) is 6.54 Å². The molecule has 1 atom stereocenters. The lowest BCUT2D eigenvalue weighted by Gasteiger charge is -2.34. The lowest BCUT2D eigenvalue weighted by Crippen LogP contribution is -2.49. The molecule has 1 heterocycles. The second-order valence-electron chi connectivity index (χ2n) is 4.86. The number of aliphatic carboxylic acids is 1. The monoisotopic (exact) mass is 230 g/mol. The summed E-state index contributed by atoms with van der Waals surface area (Å²) in [7, 11) is 1.95. The number of hydrogen-bond donors (Lipinski definition) is 3. The number of nitrogens with one attached hydrogen (secondary N) is 1. The van der Waals surface area contributed by atoms with E-state index in [1.165, 1.54) is 6.92 Å². The van der Waals surface area contributed by atoms with Crippen molar-refractivity contribution in [1.29, 1.82) is 0 Å². The van der Waals surface area contributed by atoms with Gasteiger partial charge in [-0.2, -0.15) is 0 Å². The van der Waals surface area contributed by atoms with Gasteiger partial charge >= 0.3 is 5.97 Å². The SMILES string of the molecule is CNCC1CCN(CC(C)(O)C(=O)O)CC1. The summed E-state index contributed by atoms with van der Waals surface area (Å²) < 4.78 is 0. The number of hydrogen-bond acceptors (Lipinski definition) is 4. The Bertz CT molecular complexity index is 235. The summed E-state index contributed by atoms with van der Waals surface area (Å²) in [5.74, 6) is -0.471. The zero-order chi connectivity index (χ0) is 12.2. The predicted octanol–water partition coefficient (Wildman–Crippen LogP) is -0.247. The van der Waals surface area contributed by atoms with Crippen molar-refractivity contribution in [3.63, 3.8) is 0 Å². The Morgan fingerprint density at radius 3 is 2.50 bits per heavy atom. The molecule has 1 aliphatic rings. The molecule has 0 aromatic rings. The van der Waals surface area contributed by atoms with Crippen molar-refractivity contribution in [2.75, 3.05) is 33.2 Å². The van der Waals surface area contributed by atoms with Crippen molar-refractivity contribution < 1.29 is 15.0 Å². The first kappa shape index (κ1) is 13.4. The third-order valence-electron chi connectivity index (χ3n) is 3.19. The lowest BCUT2D eigenvalue weighted by atomic mass is 9.95. The Hall–Kier alpha value is -0.650. The van der Waals surface area contributed by atoms with E-state index in [1.54, 1.807) is 0 Å². The zero-order valence-corrected chi connectivity index (χ0v) is 10.1. The van der Waals surface area contributed by atoms with Crippen LogP contribution in [0, 0.1) is 5.92 Å². The fraction of sp³-hybridized carbons (Fsp3) is 0.909. The van der Waals surface area contributed by atoms with Gasteiger partial charge in [-0.1, -0.05) is 0 Å². The molecule has 5 nitrogen and oxygen atoms in total. The molecule has 94 valence electrons. The van der Waals surface area contributed by atoms with Crippen LogP contribution in [-0.4, -0.2) is 59.9 Å². The lowest BCUT2D eigenvalue weighted by molar-refractivity contribution is -0.158. The minimum absolute atomic E-state index is 0.217. The molecule has 3 N–H and O–H groups in total. The summed E-state index contributed by atoms with van der Waals surface area (Å²) in [4.78, 5) is 12.8. The van der Waals surface area contributed by atoms with Crippen LogP contribution in [0.2, 0.25) is 0 Å². The maximum absolute atomic E-state index is 10.8. The molecule has 1 aliphatic heterocycles. The molecule has 16 heavy (non-hydrogen) atoms. The molecule has 1 fully saturated rings. The van der Waals surface area contributed by atoms with Crippen molar-refractivity contribution in [3.05, 3.63) is 0 Å². The summed E-state index contributed by atoms with van der Waals surface area (Å²) in [6.07, 6.45) is 2.13. The van der Waals surface area contributed by atoms with Gasteiger partial charge in [0.15, 0.2) is 5.60 Å². The van der Waals surface area contributed by atoms with Gasteiger partial charge in [0.05, 0.1) is 0 Å². The van der Waals surface area contributed by atoms with Crippen molar-refractivity contribution in [2.45, 2.75) is 25.4 Å². The van der Waals surface area contributed by atoms with Crippen LogP contribution in [-0.2, 0) is 4.79 Å². The van der Waals surface area contributed by atoms with Crippen LogP contribution >= 0.6 is 0 Å². The van der Waals surface area contributed by atoms with E-state index in [0.717, 1.165) is 32.5 Å². The molecule has 0 bridgehead atoms. The van der Waals surface area contributed by atoms with E-state index < -0.39 is 11.6 Å². The average molecular weight is 230 g/mol. The Morgan fingerprint density at radius 2 is 2.06 bits per heavy atom. The second-order valence-corrected chi connectivity index (χ2v) is 4.86. The van der Waals surface area contributed by atoms with Crippen molar-refractivity contribution >= 4 is 5.97 Å². The molecule has 5 heteroatoms. The number of aliphatic hydroxyl groups is 1. The van der Waals surface area contributed by atoms with Crippen LogP contribution in [0.4, 0.5) is 0 Å². The number of piperidine rings is 1. The molecule has 0 radical (unpaired) electrons. The predicted molar refractivity (Wildman–Crippen MR) is 61.4 cm³/mol. The molecule has 0 amide bonds. The number of likely N-dealkylation sites (tertiary alicyclic amines) is 1. The summed E-state index contributed by atoms with van der Waals surface area (Å²) >= 11 is 0. The molecule has 0 spiro atoms. The molecule has 0 aromatic heterocycles. The average Bonchev–Trinajstić information content (AvgIpc) is 2.21. The molecule has 0 aliphatic carbocycles. The molecule has 1 saturated heterocycles. The fourth-order valence-corrected chi connectivity index (χ4v) is 2.14. The number of carboxylic acid groups (broad SMARTS) is 1. The zero-order valence-electron chi connectivity index (χ0n) is 10.1. The fourth-order valence-electron chi connectivity index (χ4n) is 2.14. The number of β-amino-alcohol motifs (C(OH)–C–C–N with tert-alkyl or cyclic N) is 1. The Morgan fingerprint density at radius 1 is 1.50 bits per heavy atom. The van der Waals surface area contributed by atoms with Crippen molar-refractivity contribution in [1.82, 2.24) is 10.2 Å². The maximum Gasteiger partial charge on any atom is 0.336 e. The Labute approximate surface area is 96.4 Å². The molecule has 0 aromatic carbocycles. The third-order valence-corrected chi connectivity index (χ3v) is 3.19. The summed E-state index contributed by atoms with van der Waals surface area (Å²) in [5, 5.41) is 21.6. The van der Waals surface area contributed by atoms with Gasteiger partial charge in [0.1, 0.15) is 0 Å². The highest BCUT2D eigenvalue weighted by Crippen LogP contribution is 2.18. The summed E-state index contributed by atoms with van der Waals surface area (Å²) in [6, 6.07) is 0. The van der Waals surface area contributed by atoms with E-state index in [4.69, 9.17) is 5.11 Å². The van der Waals surface area contributed by atoms with Crippen LogP contribution in [0.5, 0.6) is 0 Å². The molecule has 1 unspecified atom stereocenters. The largest absolute Gasteiger partial charge is 0.479 e. The summed E-state index contributed by atoms with van der Waals surface area (Å²) in [6.45, 7) is 4.33. The van der Waals surface area contributed by atoms with Gasteiger partial charge in [-0.25, -0.2) is 4.79 Å². The smallest absolute Gasteiger partial charge is 0.336 e. The first-order valence-electron chi connectivity index (χ1n) is 5.78. The standard InChI is InChI=1S/C11H22N2O3/c1-11(16,10(14)15)8-13-5-3-9(4-6-13)7-12-2/h9,12,16H,3-8H2,1-2H3,(H,14,15). The molecular formula is C11H22N2O3. The molecular weight excluding hydrogens is 208 g/mol. The highest BCUT2D eigenvalue weighted by Gasteiger charge is 2.33. The van der Waals surface area contributed by atoms with Crippen LogP contribution in [0.1, 0.15) is 19.8 Å². The van der Waals surface area contributed by atoms with Crippen molar-refractivity contribution in [2.24, 2.45) is 5.92 Å². The maximum atomic E-state index is 10.8. The van der Waals surface area contributed by atoms with Crippen molar-refractivity contribution in [3.8, 4) is 0 Å². The van der Waals surface area contributed by atoms with Crippen LogP contribution < -0.4 is 5.32 Å².